The molecule has 0 aliphatic rings. The van der Waals surface area contributed by atoms with Gasteiger partial charge in [0.05, 0.1) is 11.9 Å². The number of nitrogens with one attached hydrogen (secondary N) is 1. The number of benzene rings is 2. The topological polar surface area (TPSA) is 66.5 Å². The highest BCUT2D eigenvalue weighted by Gasteiger charge is 2.31. The van der Waals surface area contributed by atoms with Crippen molar-refractivity contribution in [1.29, 1.82) is 0 Å². The van der Waals surface area contributed by atoms with Crippen molar-refractivity contribution in [1.82, 2.24) is 5.32 Å². The standard InChI is InChI=1S/C22H30N2O3S/c1-5-21(24(28(4,26)27)20-10-6-8-18(3)16-20)22(25)23-15-7-9-19-13-11-17(2)12-14-19/h6,8,10-14,16,21H,5,7,9,15H2,1-4H3,(H,23,25)/t21-/m0/s1. The van der Waals surface area contributed by atoms with E-state index < -0.39 is 16.1 Å². The molecule has 1 atom stereocenters. The van der Waals surface area contributed by atoms with Gasteiger partial charge in [-0.3, -0.25) is 9.10 Å². The molecule has 0 bridgehead atoms. The van der Waals surface area contributed by atoms with Crippen LogP contribution >= 0.6 is 0 Å². The highest BCUT2D eigenvalue weighted by atomic mass is 32.2. The van der Waals surface area contributed by atoms with Gasteiger partial charge in [0, 0.05) is 6.54 Å². The summed E-state index contributed by atoms with van der Waals surface area (Å²) in [5.41, 5.74) is 3.91. The van der Waals surface area contributed by atoms with Crippen molar-refractivity contribution in [2.45, 2.75) is 46.1 Å². The average Bonchev–Trinajstić information content (AvgIpc) is 2.63. The number of anilines is 1. The summed E-state index contributed by atoms with van der Waals surface area (Å²) < 4.78 is 26.1. The first kappa shape index (κ1) is 22.0. The maximum Gasteiger partial charge on any atom is 0.243 e. The van der Waals surface area contributed by atoms with Gasteiger partial charge >= 0.3 is 0 Å². The number of aryl methyl sites for hydroxylation is 3. The smallest absolute Gasteiger partial charge is 0.243 e. The molecular formula is C22H30N2O3S. The predicted octanol–water partition coefficient (Wildman–Crippen LogP) is 3.60. The molecular weight excluding hydrogens is 372 g/mol. The van der Waals surface area contributed by atoms with E-state index in [9.17, 15) is 13.2 Å². The van der Waals surface area contributed by atoms with Gasteiger partial charge in [-0.2, -0.15) is 0 Å². The van der Waals surface area contributed by atoms with Crippen LogP contribution in [0.3, 0.4) is 0 Å². The maximum atomic E-state index is 12.8. The first-order valence-electron chi connectivity index (χ1n) is 9.61. The fourth-order valence-corrected chi connectivity index (χ4v) is 4.41. The van der Waals surface area contributed by atoms with Crippen LogP contribution in [0.25, 0.3) is 0 Å². The van der Waals surface area contributed by atoms with Gasteiger partial charge < -0.3 is 5.32 Å². The van der Waals surface area contributed by atoms with Gasteiger partial charge in [0.2, 0.25) is 15.9 Å². The molecule has 0 spiro atoms. The van der Waals surface area contributed by atoms with Gasteiger partial charge in [0.25, 0.3) is 0 Å². The van der Waals surface area contributed by atoms with E-state index in [0.29, 0.717) is 18.7 Å². The molecule has 6 heteroatoms. The van der Waals surface area contributed by atoms with Gasteiger partial charge in [0.1, 0.15) is 6.04 Å². The zero-order valence-electron chi connectivity index (χ0n) is 17.1. The van der Waals surface area contributed by atoms with E-state index in [1.807, 2.05) is 19.9 Å². The van der Waals surface area contributed by atoms with Crippen molar-refractivity contribution in [3.05, 3.63) is 65.2 Å². The Hall–Kier alpha value is -2.34. The molecule has 0 aliphatic heterocycles. The third-order valence-corrected chi connectivity index (χ3v) is 5.83. The zero-order valence-corrected chi connectivity index (χ0v) is 17.9. The highest BCUT2D eigenvalue weighted by molar-refractivity contribution is 7.92. The molecule has 1 amide bonds. The molecule has 0 saturated carbocycles. The van der Waals surface area contributed by atoms with Crippen molar-refractivity contribution >= 4 is 21.6 Å². The monoisotopic (exact) mass is 402 g/mol. The van der Waals surface area contributed by atoms with Crippen LogP contribution in [0.1, 0.15) is 36.5 Å². The molecule has 1 N–H and O–H groups in total. The van der Waals surface area contributed by atoms with Crippen molar-refractivity contribution in [3.8, 4) is 0 Å². The lowest BCUT2D eigenvalue weighted by Gasteiger charge is -2.30. The van der Waals surface area contributed by atoms with Gasteiger partial charge in [-0.05, 0) is 56.4 Å². The molecule has 0 aromatic heterocycles. The normalized spacial score (nSPS) is 12.4. The maximum absolute atomic E-state index is 12.8. The third-order valence-electron chi connectivity index (χ3n) is 4.65. The van der Waals surface area contributed by atoms with Gasteiger partial charge in [0.15, 0.2) is 0 Å². The fourth-order valence-electron chi connectivity index (χ4n) is 3.20. The van der Waals surface area contributed by atoms with Gasteiger partial charge in [-0.25, -0.2) is 8.42 Å². The van der Waals surface area contributed by atoms with Crippen LogP contribution in [-0.2, 0) is 21.2 Å². The lowest BCUT2D eigenvalue weighted by molar-refractivity contribution is -0.122. The lowest BCUT2D eigenvalue weighted by Crippen LogP contribution is -2.49. The van der Waals surface area contributed by atoms with Crippen molar-refractivity contribution in [2.24, 2.45) is 0 Å². The Balaban J connectivity index is 2.04. The molecule has 2 aromatic rings. The second-order valence-electron chi connectivity index (χ2n) is 7.20. The number of carbonyl (C=O) groups excluding carboxylic acids is 1. The summed E-state index contributed by atoms with van der Waals surface area (Å²) in [5, 5.41) is 2.91. The van der Waals surface area contributed by atoms with Crippen LogP contribution in [0, 0.1) is 13.8 Å². The molecule has 2 aromatic carbocycles. The van der Waals surface area contributed by atoms with Crippen molar-refractivity contribution < 1.29 is 13.2 Å². The molecule has 5 nitrogen and oxygen atoms in total. The molecule has 0 unspecified atom stereocenters. The van der Waals surface area contributed by atoms with E-state index >= 15 is 0 Å². The van der Waals surface area contributed by atoms with Gasteiger partial charge in [-0.15, -0.1) is 0 Å². The highest BCUT2D eigenvalue weighted by Crippen LogP contribution is 2.23. The van der Waals surface area contributed by atoms with E-state index in [1.54, 1.807) is 18.2 Å². The predicted molar refractivity (Wildman–Crippen MR) is 115 cm³/mol. The van der Waals surface area contributed by atoms with Crippen LogP contribution in [0.5, 0.6) is 0 Å². The first-order valence-corrected chi connectivity index (χ1v) is 11.5. The minimum atomic E-state index is -3.60. The summed E-state index contributed by atoms with van der Waals surface area (Å²) in [7, 11) is -3.60. The van der Waals surface area contributed by atoms with Crippen LogP contribution in [-0.4, -0.2) is 33.2 Å². The Labute approximate surface area is 168 Å². The van der Waals surface area contributed by atoms with E-state index in [-0.39, 0.29) is 5.91 Å². The molecule has 0 aliphatic carbocycles. The second-order valence-corrected chi connectivity index (χ2v) is 9.06. The summed E-state index contributed by atoms with van der Waals surface area (Å²) in [5.74, 6) is -0.265. The summed E-state index contributed by atoms with van der Waals surface area (Å²) in [6.07, 6.45) is 3.20. The average molecular weight is 403 g/mol. The number of rotatable bonds is 9. The van der Waals surface area contributed by atoms with E-state index in [2.05, 4.69) is 36.5 Å². The molecule has 0 radical (unpaired) electrons. The molecule has 0 fully saturated rings. The van der Waals surface area contributed by atoms with Crippen molar-refractivity contribution in [3.63, 3.8) is 0 Å². The largest absolute Gasteiger partial charge is 0.354 e. The summed E-state index contributed by atoms with van der Waals surface area (Å²) in [6, 6.07) is 14.8. The van der Waals surface area contributed by atoms with E-state index in [0.717, 1.165) is 24.7 Å². The minimum absolute atomic E-state index is 0.265. The quantitative estimate of drug-likeness (QED) is 0.652. The first-order chi connectivity index (χ1) is 13.2. The Kier molecular flexibility index (Phi) is 7.63. The Bertz CT molecular complexity index is 892. The zero-order chi connectivity index (χ0) is 20.7. The summed E-state index contributed by atoms with van der Waals surface area (Å²) in [4.78, 5) is 12.8. The molecule has 152 valence electrons. The van der Waals surface area contributed by atoms with Crippen LogP contribution < -0.4 is 9.62 Å². The van der Waals surface area contributed by atoms with E-state index in [1.165, 1.54) is 15.4 Å². The Morgan fingerprint density at radius 1 is 1.07 bits per heavy atom. The fraction of sp³-hybridized carbons (Fsp3) is 0.409. The lowest BCUT2D eigenvalue weighted by atomic mass is 10.1. The molecule has 0 saturated heterocycles. The number of hydrogen-bond acceptors (Lipinski definition) is 3. The number of hydrogen-bond donors (Lipinski definition) is 1. The summed E-state index contributed by atoms with van der Waals surface area (Å²) in [6.45, 7) is 6.28. The molecule has 0 heterocycles. The van der Waals surface area contributed by atoms with Crippen LogP contribution in [0.15, 0.2) is 48.5 Å². The minimum Gasteiger partial charge on any atom is -0.354 e. The van der Waals surface area contributed by atoms with Crippen LogP contribution in [0.4, 0.5) is 5.69 Å². The number of amides is 1. The molecule has 28 heavy (non-hydrogen) atoms. The Morgan fingerprint density at radius 3 is 2.32 bits per heavy atom. The third kappa shape index (κ3) is 6.09. The SMILES string of the molecule is CC[C@@H](C(=O)NCCCc1ccc(C)cc1)N(c1cccc(C)c1)S(C)(=O)=O. The summed E-state index contributed by atoms with van der Waals surface area (Å²) >= 11 is 0. The molecule has 2 rings (SSSR count). The number of sulfonamides is 1. The second kappa shape index (κ2) is 9.73. The van der Waals surface area contributed by atoms with Gasteiger partial charge in [-0.1, -0.05) is 48.9 Å². The number of carbonyl (C=O) groups is 1. The number of nitrogens with zero attached hydrogens (tertiary/aromatic N) is 1. The van der Waals surface area contributed by atoms with E-state index in [4.69, 9.17) is 0 Å². The van der Waals surface area contributed by atoms with Crippen LogP contribution in [0.2, 0.25) is 0 Å². The Morgan fingerprint density at radius 2 is 1.75 bits per heavy atom. The van der Waals surface area contributed by atoms with Crippen molar-refractivity contribution in [2.75, 3.05) is 17.1 Å².